The van der Waals surface area contributed by atoms with Gasteiger partial charge in [-0.2, -0.15) is 0 Å². The number of phenolic OH excluding ortho intramolecular Hbond substituents is 1. The van der Waals surface area contributed by atoms with Crippen LogP contribution in [0.15, 0.2) is 18.2 Å². The molecule has 0 aliphatic rings. The first-order chi connectivity index (χ1) is 6.27. The van der Waals surface area contributed by atoms with Gasteiger partial charge in [0.1, 0.15) is 5.75 Å². The highest BCUT2D eigenvalue weighted by Crippen LogP contribution is 2.30. The molecule has 1 aromatic rings. The van der Waals surface area contributed by atoms with Crippen LogP contribution < -0.4 is 9.47 Å². The lowest BCUT2D eigenvalue weighted by atomic mass is 10.3. The molecule has 3 heteroatoms. The summed E-state index contributed by atoms with van der Waals surface area (Å²) in [7, 11) is 0. The Labute approximate surface area is 77.9 Å². The Hall–Kier alpha value is -1.38. The summed E-state index contributed by atoms with van der Waals surface area (Å²) >= 11 is 0. The van der Waals surface area contributed by atoms with Gasteiger partial charge in [0, 0.05) is 6.07 Å². The van der Waals surface area contributed by atoms with E-state index in [-0.39, 0.29) is 5.75 Å². The molecule has 0 aliphatic heterocycles. The molecule has 1 rings (SSSR count). The molecule has 0 spiro atoms. The Morgan fingerprint density at radius 1 is 1.08 bits per heavy atom. The van der Waals surface area contributed by atoms with Crippen LogP contribution in [0.2, 0.25) is 0 Å². The van der Waals surface area contributed by atoms with Gasteiger partial charge in [0.05, 0.1) is 13.2 Å². The van der Waals surface area contributed by atoms with E-state index >= 15 is 0 Å². The van der Waals surface area contributed by atoms with Crippen molar-refractivity contribution in [1.29, 1.82) is 0 Å². The molecular weight excluding hydrogens is 168 g/mol. The van der Waals surface area contributed by atoms with Crippen LogP contribution in [-0.2, 0) is 0 Å². The third-order valence-corrected chi connectivity index (χ3v) is 1.53. The smallest absolute Gasteiger partial charge is 0.164 e. The summed E-state index contributed by atoms with van der Waals surface area (Å²) < 4.78 is 10.6. The average Bonchev–Trinajstić information content (AvgIpc) is 2.10. The van der Waals surface area contributed by atoms with Crippen molar-refractivity contribution in [3.63, 3.8) is 0 Å². The Morgan fingerprint density at radius 2 is 1.69 bits per heavy atom. The highest BCUT2D eigenvalue weighted by molar-refractivity contribution is 5.44. The van der Waals surface area contributed by atoms with Crippen molar-refractivity contribution in [2.45, 2.75) is 13.8 Å². The van der Waals surface area contributed by atoms with Gasteiger partial charge in [-0.15, -0.1) is 0 Å². The summed E-state index contributed by atoms with van der Waals surface area (Å²) in [5.41, 5.74) is 0. The highest BCUT2D eigenvalue weighted by Gasteiger charge is 2.04. The van der Waals surface area contributed by atoms with Crippen LogP contribution in [0.1, 0.15) is 13.8 Å². The van der Waals surface area contributed by atoms with Gasteiger partial charge in [-0.25, -0.2) is 0 Å². The van der Waals surface area contributed by atoms with Crippen molar-refractivity contribution in [2.75, 3.05) is 13.2 Å². The number of rotatable bonds is 4. The van der Waals surface area contributed by atoms with Crippen molar-refractivity contribution < 1.29 is 14.6 Å². The van der Waals surface area contributed by atoms with Crippen LogP contribution in [0.3, 0.4) is 0 Å². The molecule has 0 aromatic heterocycles. The summed E-state index contributed by atoms with van der Waals surface area (Å²) in [6.45, 7) is 4.94. The first-order valence-electron chi connectivity index (χ1n) is 4.36. The fraction of sp³-hybridized carbons (Fsp3) is 0.400. The molecule has 0 amide bonds. The van der Waals surface area contributed by atoms with Crippen molar-refractivity contribution in [1.82, 2.24) is 0 Å². The standard InChI is InChI=1S/C10H14O3/c1-3-12-9-6-5-8(11)7-10(9)13-4-2/h5-7,11H,3-4H2,1-2H3. The minimum absolute atomic E-state index is 0.187. The van der Waals surface area contributed by atoms with Crippen LogP contribution in [-0.4, -0.2) is 18.3 Å². The maximum atomic E-state index is 9.20. The van der Waals surface area contributed by atoms with Gasteiger partial charge in [-0.05, 0) is 26.0 Å². The largest absolute Gasteiger partial charge is 0.508 e. The Balaban J connectivity index is 2.89. The fourth-order valence-corrected chi connectivity index (χ4v) is 1.04. The third kappa shape index (κ3) is 2.54. The van der Waals surface area contributed by atoms with Gasteiger partial charge in [0.15, 0.2) is 11.5 Å². The minimum Gasteiger partial charge on any atom is -0.508 e. The van der Waals surface area contributed by atoms with Crippen molar-refractivity contribution in [3.8, 4) is 17.2 Å². The molecule has 0 unspecified atom stereocenters. The van der Waals surface area contributed by atoms with Crippen molar-refractivity contribution in [2.24, 2.45) is 0 Å². The van der Waals surface area contributed by atoms with Gasteiger partial charge in [-0.3, -0.25) is 0 Å². The number of aromatic hydroxyl groups is 1. The number of phenols is 1. The van der Waals surface area contributed by atoms with Crippen LogP contribution in [0.5, 0.6) is 17.2 Å². The predicted octanol–water partition coefficient (Wildman–Crippen LogP) is 2.19. The molecule has 1 aromatic carbocycles. The van der Waals surface area contributed by atoms with Crippen LogP contribution in [0.25, 0.3) is 0 Å². The number of ether oxygens (including phenoxy) is 2. The van der Waals surface area contributed by atoms with Gasteiger partial charge in [-0.1, -0.05) is 0 Å². The highest BCUT2D eigenvalue weighted by atomic mass is 16.5. The number of hydrogen-bond acceptors (Lipinski definition) is 3. The lowest BCUT2D eigenvalue weighted by Gasteiger charge is -2.10. The third-order valence-electron chi connectivity index (χ3n) is 1.53. The SMILES string of the molecule is CCOc1ccc(O)cc1OCC. The molecule has 72 valence electrons. The molecule has 0 atom stereocenters. The quantitative estimate of drug-likeness (QED) is 0.775. The molecule has 0 bridgehead atoms. The molecule has 0 saturated carbocycles. The molecule has 1 N–H and O–H groups in total. The van der Waals surface area contributed by atoms with E-state index < -0.39 is 0 Å². The summed E-state index contributed by atoms with van der Waals surface area (Å²) in [4.78, 5) is 0. The topological polar surface area (TPSA) is 38.7 Å². The van der Waals surface area contributed by atoms with E-state index in [9.17, 15) is 5.11 Å². The molecule has 0 aliphatic carbocycles. The lowest BCUT2D eigenvalue weighted by molar-refractivity contribution is 0.286. The monoisotopic (exact) mass is 182 g/mol. The second-order valence-electron chi connectivity index (χ2n) is 2.50. The first-order valence-corrected chi connectivity index (χ1v) is 4.36. The van der Waals surface area contributed by atoms with Crippen LogP contribution >= 0.6 is 0 Å². The summed E-state index contributed by atoms with van der Waals surface area (Å²) in [6, 6.07) is 4.83. The Morgan fingerprint density at radius 3 is 2.31 bits per heavy atom. The molecule has 13 heavy (non-hydrogen) atoms. The second-order valence-corrected chi connectivity index (χ2v) is 2.50. The van der Waals surface area contributed by atoms with Gasteiger partial charge < -0.3 is 14.6 Å². The van der Waals surface area contributed by atoms with E-state index in [0.29, 0.717) is 24.7 Å². The predicted molar refractivity (Wildman–Crippen MR) is 50.4 cm³/mol. The number of hydrogen-bond donors (Lipinski definition) is 1. The zero-order valence-corrected chi connectivity index (χ0v) is 7.91. The van der Waals surface area contributed by atoms with Crippen LogP contribution in [0, 0.1) is 0 Å². The maximum absolute atomic E-state index is 9.20. The molecule has 0 saturated heterocycles. The van der Waals surface area contributed by atoms with E-state index in [1.165, 1.54) is 0 Å². The molecule has 0 heterocycles. The average molecular weight is 182 g/mol. The minimum atomic E-state index is 0.187. The lowest BCUT2D eigenvalue weighted by Crippen LogP contribution is -1.97. The van der Waals surface area contributed by atoms with Gasteiger partial charge >= 0.3 is 0 Å². The van der Waals surface area contributed by atoms with E-state index in [0.717, 1.165) is 0 Å². The maximum Gasteiger partial charge on any atom is 0.164 e. The van der Waals surface area contributed by atoms with Gasteiger partial charge in [0.2, 0.25) is 0 Å². The van der Waals surface area contributed by atoms with Crippen LogP contribution in [0.4, 0.5) is 0 Å². The molecular formula is C10H14O3. The summed E-state index contributed by atoms with van der Waals surface area (Å²) in [5, 5.41) is 9.20. The Bertz CT molecular complexity index is 271. The number of benzene rings is 1. The van der Waals surface area contributed by atoms with E-state index in [4.69, 9.17) is 9.47 Å². The Kier molecular flexibility index (Phi) is 3.43. The molecule has 0 radical (unpaired) electrons. The summed E-state index contributed by atoms with van der Waals surface area (Å²) in [5.74, 6) is 1.44. The normalized spacial score (nSPS) is 9.69. The van der Waals surface area contributed by atoms with Gasteiger partial charge in [0.25, 0.3) is 0 Å². The van der Waals surface area contributed by atoms with Crippen molar-refractivity contribution >= 4 is 0 Å². The second kappa shape index (κ2) is 4.60. The zero-order chi connectivity index (χ0) is 9.68. The van der Waals surface area contributed by atoms with E-state index in [1.54, 1.807) is 18.2 Å². The van der Waals surface area contributed by atoms with Crippen molar-refractivity contribution in [3.05, 3.63) is 18.2 Å². The first kappa shape index (κ1) is 9.71. The summed E-state index contributed by atoms with van der Waals surface area (Å²) in [6.07, 6.45) is 0. The van der Waals surface area contributed by atoms with E-state index in [1.807, 2.05) is 13.8 Å². The van der Waals surface area contributed by atoms with E-state index in [2.05, 4.69) is 0 Å². The fourth-order valence-electron chi connectivity index (χ4n) is 1.04. The molecule has 3 nitrogen and oxygen atoms in total. The molecule has 0 fully saturated rings. The zero-order valence-electron chi connectivity index (χ0n) is 7.91.